The van der Waals surface area contributed by atoms with Crippen LogP contribution in [0.1, 0.15) is 25.0 Å². The van der Waals surface area contributed by atoms with Gasteiger partial charge in [-0.1, -0.05) is 92.5 Å². The molecule has 3 rings (SSSR count). The van der Waals surface area contributed by atoms with Gasteiger partial charge in [0.2, 0.25) is 8.61 Å². The van der Waals surface area contributed by atoms with Crippen LogP contribution in [0.5, 0.6) is 0 Å². The number of esters is 1. The van der Waals surface area contributed by atoms with Crippen molar-refractivity contribution in [2.45, 2.75) is 35.6 Å². The van der Waals surface area contributed by atoms with E-state index in [2.05, 4.69) is 36.6 Å². The first-order valence-electron chi connectivity index (χ1n) is 9.51. The van der Waals surface area contributed by atoms with Crippen LogP contribution in [0.3, 0.4) is 0 Å². The van der Waals surface area contributed by atoms with Crippen LogP contribution in [-0.2, 0) is 38.8 Å². The van der Waals surface area contributed by atoms with Crippen molar-refractivity contribution >= 4 is 55.1 Å². The van der Waals surface area contributed by atoms with Crippen LogP contribution in [0.15, 0.2) is 71.9 Å². The summed E-state index contributed by atoms with van der Waals surface area (Å²) in [4.78, 5) is 26.9. The molecule has 0 aromatic heterocycles. The molecule has 1 unspecified atom stereocenters. The van der Waals surface area contributed by atoms with Crippen LogP contribution < -0.4 is 4.72 Å². The van der Waals surface area contributed by atoms with E-state index in [1.54, 1.807) is 13.8 Å². The Hall–Kier alpha value is -1.65. The van der Waals surface area contributed by atoms with Gasteiger partial charge in [-0.3, -0.25) is 9.69 Å². The van der Waals surface area contributed by atoms with Gasteiger partial charge in [-0.25, -0.2) is 4.79 Å². The Kier molecular flexibility index (Phi) is 7.98. The third-order valence-corrected chi connectivity index (χ3v) is 8.18. The van der Waals surface area contributed by atoms with Gasteiger partial charge >= 0.3 is 5.97 Å². The smallest absolute Gasteiger partial charge is 0.355 e. The van der Waals surface area contributed by atoms with E-state index in [1.807, 2.05) is 60.7 Å². The fourth-order valence-electron chi connectivity index (χ4n) is 3.08. The van der Waals surface area contributed by atoms with Crippen molar-refractivity contribution in [1.29, 1.82) is 0 Å². The zero-order chi connectivity index (χ0) is 22.6. The van der Waals surface area contributed by atoms with Crippen LogP contribution >= 0.6 is 31.9 Å². The van der Waals surface area contributed by atoms with E-state index in [-0.39, 0.29) is 12.3 Å². The summed E-state index contributed by atoms with van der Waals surface area (Å²) >= 11 is 4.97. The fourth-order valence-corrected chi connectivity index (χ4v) is 6.12. The lowest BCUT2D eigenvalue weighted by atomic mass is 10.1. The number of amides is 1. The zero-order valence-electron chi connectivity index (χ0n) is 17.0. The summed E-state index contributed by atoms with van der Waals surface area (Å²) < 4.78 is 20.2. The average Bonchev–Trinajstić information content (AvgIpc) is 2.76. The predicted molar refractivity (Wildman–Crippen MR) is 127 cm³/mol. The third-order valence-electron chi connectivity index (χ3n) is 4.63. The van der Waals surface area contributed by atoms with Crippen molar-refractivity contribution in [3.63, 3.8) is 0 Å². The monoisotopic (exact) mass is 568 g/mol. The van der Waals surface area contributed by atoms with Crippen molar-refractivity contribution < 1.29 is 18.9 Å². The number of likely N-dealkylation sites (tertiary alicyclic amines) is 1. The quantitative estimate of drug-likeness (QED) is 0.170. The van der Waals surface area contributed by atoms with E-state index in [1.165, 1.54) is 4.90 Å². The number of carbonyl (C=O) groups excluding carboxylic acids is 2. The number of allylic oxidation sites excluding steroid dienone is 1. The molecule has 0 bridgehead atoms. The molecule has 1 N–H and O–H groups in total. The van der Waals surface area contributed by atoms with Crippen LogP contribution in [0.4, 0.5) is 0 Å². The Bertz CT molecular complexity index is 966. The first-order valence-corrected chi connectivity index (χ1v) is 12.3. The molecular weight excluding hydrogens is 548 g/mol. The maximum Gasteiger partial charge on any atom is 0.355 e. The maximum absolute atomic E-state index is 13.1. The summed E-state index contributed by atoms with van der Waals surface area (Å²) in [5, 5.41) is -0.849. The number of benzene rings is 2. The molecule has 1 aliphatic heterocycles. The average molecular weight is 570 g/mol. The number of rotatable bonds is 8. The van der Waals surface area contributed by atoms with Gasteiger partial charge in [0.1, 0.15) is 12.3 Å². The van der Waals surface area contributed by atoms with Crippen molar-refractivity contribution in [2.75, 3.05) is 0 Å². The Morgan fingerprint density at radius 1 is 1.10 bits per heavy atom. The molecule has 6 nitrogen and oxygen atoms in total. The van der Waals surface area contributed by atoms with Crippen LogP contribution in [0, 0.1) is 0 Å². The highest BCUT2D eigenvalue weighted by molar-refractivity contribution is 9.26. The molecule has 0 spiro atoms. The first kappa shape index (κ1) is 24.0. The van der Waals surface area contributed by atoms with E-state index in [4.69, 9.17) is 4.74 Å². The summed E-state index contributed by atoms with van der Waals surface area (Å²) in [6, 6.07) is 18.8. The van der Waals surface area contributed by atoms with E-state index < -0.39 is 31.8 Å². The topological polar surface area (TPSA) is 81.7 Å². The number of alkyl halides is 2. The second-order valence-electron chi connectivity index (χ2n) is 7.16. The molecule has 2 atom stereocenters. The Labute approximate surface area is 201 Å². The second-order valence-corrected chi connectivity index (χ2v) is 12.1. The lowest BCUT2D eigenvalue weighted by Crippen LogP contribution is -2.72. The zero-order valence-corrected chi connectivity index (χ0v) is 21.0. The molecule has 9 heteroatoms. The fraction of sp³-hybridized carbons (Fsp3) is 0.273. The molecule has 0 saturated carbocycles. The Balaban J connectivity index is 1.75. The van der Waals surface area contributed by atoms with E-state index >= 15 is 0 Å². The molecule has 1 fully saturated rings. The minimum Gasteiger partial charge on any atom is -0.596 e. The summed E-state index contributed by atoms with van der Waals surface area (Å²) in [5.41, 5.74) is 2.47. The van der Waals surface area contributed by atoms with Gasteiger partial charge in [0.05, 0.1) is 17.9 Å². The number of nitrogens with one attached hydrogen (secondary N) is 1. The predicted octanol–water partition coefficient (Wildman–Crippen LogP) is 4.13. The Morgan fingerprint density at radius 3 is 2.19 bits per heavy atom. The van der Waals surface area contributed by atoms with Gasteiger partial charge in [-0.05, 0) is 30.5 Å². The van der Waals surface area contributed by atoms with Gasteiger partial charge in [0.15, 0.2) is 0 Å². The lowest BCUT2D eigenvalue weighted by Gasteiger charge is -2.48. The molecule has 164 valence electrons. The van der Waals surface area contributed by atoms with Gasteiger partial charge in [0, 0.05) is 0 Å². The molecule has 1 aliphatic rings. The highest BCUT2D eigenvalue weighted by Gasteiger charge is 2.67. The SMILES string of the molecule is CC(C)=C(C(=O)OCc1ccccc1)N1C(=O)C(Br)(Br)[C@H]1[S+]([O-])NCc1ccccc1. The van der Waals surface area contributed by atoms with Crippen molar-refractivity contribution in [3.8, 4) is 0 Å². The molecule has 31 heavy (non-hydrogen) atoms. The second kappa shape index (κ2) is 10.3. The van der Waals surface area contributed by atoms with Gasteiger partial charge in [0.25, 0.3) is 5.91 Å². The summed E-state index contributed by atoms with van der Waals surface area (Å²) in [6.07, 6.45) is 0. The number of nitrogens with zero attached hydrogens (tertiary/aromatic N) is 1. The number of β-lactam (4-membered cyclic amide) rings is 1. The molecule has 1 heterocycles. The maximum atomic E-state index is 13.1. The standard InChI is InChI=1S/C22H22Br2N2O4S/c1-15(2)18(19(27)30-14-17-11-7-4-8-12-17)26-20(28)22(23,24)21(26)31(29)25-13-16-9-5-3-6-10-16/h3-12,21,25H,13-14H2,1-2H3/t21-,31?/m1/s1. The number of ether oxygens (including phenoxy) is 1. The molecule has 0 aliphatic carbocycles. The summed E-state index contributed by atoms with van der Waals surface area (Å²) in [6.45, 7) is 3.86. The van der Waals surface area contributed by atoms with Crippen LogP contribution in [0.2, 0.25) is 0 Å². The normalized spacial score (nSPS) is 18.2. The van der Waals surface area contributed by atoms with E-state index in [0.29, 0.717) is 12.1 Å². The lowest BCUT2D eigenvalue weighted by molar-refractivity contribution is -0.150. The molecule has 1 amide bonds. The summed E-state index contributed by atoms with van der Waals surface area (Å²) in [7, 11) is 0. The third kappa shape index (κ3) is 5.40. The summed E-state index contributed by atoms with van der Waals surface area (Å²) in [5.74, 6) is -1.06. The minimum atomic E-state index is -1.67. The highest BCUT2D eigenvalue weighted by Crippen LogP contribution is 2.49. The molecular formula is C22H22Br2N2O4S. The van der Waals surface area contributed by atoms with E-state index in [9.17, 15) is 14.1 Å². The van der Waals surface area contributed by atoms with Gasteiger partial charge in [-0.15, -0.1) is 4.72 Å². The number of carbonyl (C=O) groups is 2. The van der Waals surface area contributed by atoms with E-state index in [0.717, 1.165) is 11.1 Å². The number of hydrogen-bond acceptors (Lipinski definition) is 5. The van der Waals surface area contributed by atoms with Gasteiger partial charge in [-0.2, -0.15) is 0 Å². The van der Waals surface area contributed by atoms with Gasteiger partial charge < -0.3 is 9.29 Å². The first-order chi connectivity index (χ1) is 14.7. The van der Waals surface area contributed by atoms with Crippen LogP contribution in [0.25, 0.3) is 0 Å². The minimum absolute atomic E-state index is 0.0757. The Morgan fingerprint density at radius 2 is 1.65 bits per heavy atom. The van der Waals surface area contributed by atoms with Crippen molar-refractivity contribution in [1.82, 2.24) is 9.62 Å². The molecule has 2 aromatic rings. The largest absolute Gasteiger partial charge is 0.596 e. The number of hydrogen-bond donors (Lipinski definition) is 1. The van der Waals surface area contributed by atoms with Crippen LogP contribution in [-0.4, -0.2) is 29.9 Å². The van der Waals surface area contributed by atoms with Crippen molar-refractivity contribution in [3.05, 3.63) is 83.1 Å². The molecule has 2 aromatic carbocycles. The number of halogens is 2. The van der Waals surface area contributed by atoms with Crippen molar-refractivity contribution in [2.24, 2.45) is 0 Å². The highest BCUT2D eigenvalue weighted by atomic mass is 79.9. The molecule has 0 radical (unpaired) electrons. The molecule has 1 saturated heterocycles.